The van der Waals surface area contributed by atoms with Crippen molar-refractivity contribution in [2.24, 2.45) is 5.10 Å². The number of aryl methyl sites for hydroxylation is 1. The molecule has 118 valence electrons. The maximum atomic E-state index is 12.7. The Morgan fingerprint density at radius 1 is 1.04 bits per heavy atom. The van der Waals surface area contributed by atoms with Crippen LogP contribution in [0.3, 0.4) is 0 Å². The molecule has 0 aliphatic heterocycles. The highest BCUT2D eigenvalue weighted by Crippen LogP contribution is 2.08. The van der Waals surface area contributed by atoms with Gasteiger partial charge in [-0.25, -0.2) is 9.82 Å². The van der Waals surface area contributed by atoms with E-state index in [1.807, 2.05) is 19.1 Å². The zero-order valence-electron chi connectivity index (χ0n) is 12.5. The van der Waals surface area contributed by atoms with Gasteiger partial charge in [0.2, 0.25) is 11.8 Å². The van der Waals surface area contributed by atoms with Gasteiger partial charge in [-0.05, 0) is 36.8 Å². The Balaban J connectivity index is 1.78. The van der Waals surface area contributed by atoms with Crippen LogP contribution in [0.4, 0.5) is 10.1 Å². The monoisotopic (exact) mass is 313 g/mol. The van der Waals surface area contributed by atoms with Crippen LogP contribution < -0.4 is 10.7 Å². The number of hydrazone groups is 1. The molecule has 0 bridgehead atoms. The Hall–Kier alpha value is -3.02. The zero-order valence-corrected chi connectivity index (χ0v) is 12.5. The minimum absolute atomic E-state index is 0.339. The van der Waals surface area contributed by atoms with E-state index in [2.05, 4.69) is 15.8 Å². The number of nitrogens with one attached hydrogen (secondary N) is 2. The summed E-state index contributed by atoms with van der Waals surface area (Å²) < 4.78 is 12.7. The van der Waals surface area contributed by atoms with E-state index in [4.69, 9.17) is 0 Å². The first-order chi connectivity index (χ1) is 11.0. The van der Waals surface area contributed by atoms with Crippen molar-refractivity contribution in [3.63, 3.8) is 0 Å². The molecule has 2 N–H and O–H groups in total. The fraction of sp³-hybridized carbons (Fsp3) is 0.118. The number of carbonyl (C=O) groups excluding carboxylic acids is 2. The zero-order chi connectivity index (χ0) is 16.7. The van der Waals surface area contributed by atoms with Gasteiger partial charge in [0.05, 0.1) is 6.21 Å². The molecule has 0 aliphatic rings. The molecule has 6 heteroatoms. The van der Waals surface area contributed by atoms with Crippen molar-refractivity contribution in [1.82, 2.24) is 5.43 Å². The number of halogens is 1. The van der Waals surface area contributed by atoms with Gasteiger partial charge >= 0.3 is 0 Å². The van der Waals surface area contributed by atoms with Crippen molar-refractivity contribution < 1.29 is 14.0 Å². The van der Waals surface area contributed by atoms with Crippen molar-refractivity contribution >= 4 is 23.7 Å². The maximum absolute atomic E-state index is 12.7. The molecule has 0 heterocycles. The van der Waals surface area contributed by atoms with E-state index in [1.54, 1.807) is 12.1 Å². The molecule has 2 aromatic rings. The average Bonchev–Trinajstić information content (AvgIpc) is 2.51. The van der Waals surface area contributed by atoms with Crippen molar-refractivity contribution in [1.29, 1.82) is 0 Å². The van der Waals surface area contributed by atoms with Gasteiger partial charge in [-0.1, -0.05) is 29.8 Å². The number of rotatable bonds is 5. The van der Waals surface area contributed by atoms with Crippen LogP contribution in [0, 0.1) is 12.7 Å². The summed E-state index contributed by atoms with van der Waals surface area (Å²) in [6, 6.07) is 12.9. The first-order valence-corrected chi connectivity index (χ1v) is 6.97. The normalized spacial score (nSPS) is 10.5. The highest BCUT2D eigenvalue weighted by Gasteiger charge is 2.08. The Morgan fingerprint density at radius 2 is 1.70 bits per heavy atom. The predicted octanol–water partition coefficient (Wildman–Crippen LogP) is 2.61. The van der Waals surface area contributed by atoms with Crippen LogP contribution in [0.15, 0.2) is 53.6 Å². The van der Waals surface area contributed by atoms with Crippen molar-refractivity contribution in [2.75, 3.05) is 5.32 Å². The molecule has 0 unspecified atom stereocenters. The van der Waals surface area contributed by atoms with Crippen LogP contribution in [0.2, 0.25) is 0 Å². The Morgan fingerprint density at radius 3 is 2.35 bits per heavy atom. The first kappa shape index (κ1) is 16.4. The topological polar surface area (TPSA) is 70.6 Å². The van der Waals surface area contributed by atoms with Gasteiger partial charge in [0, 0.05) is 5.69 Å². The van der Waals surface area contributed by atoms with Gasteiger partial charge in [-0.3, -0.25) is 9.59 Å². The highest BCUT2D eigenvalue weighted by molar-refractivity contribution is 6.03. The molecule has 0 radical (unpaired) electrons. The molecule has 2 rings (SSSR count). The highest BCUT2D eigenvalue weighted by atomic mass is 19.1. The van der Waals surface area contributed by atoms with E-state index >= 15 is 0 Å². The molecule has 0 fully saturated rings. The standard InChI is InChI=1S/C17H16FN3O2/c1-12-2-8-15(9-3-12)20-16(22)10-17(23)21-19-11-13-4-6-14(18)7-5-13/h2-9,11H,10H2,1H3,(H,20,22)(H,21,23). The Labute approximate surface area is 133 Å². The third-order valence-corrected chi connectivity index (χ3v) is 2.93. The molecular formula is C17H16FN3O2. The second kappa shape index (κ2) is 7.84. The lowest BCUT2D eigenvalue weighted by Crippen LogP contribution is -2.24. The van der Waals surface area contributed by atoms with Crippen LogP contribution in [0.25, 0.3) is 0 Å². The van der Waals surface area contributed by atoms with Gasteiger partial charge in [0.1, 0.15) is 12.2 Å². The summed E-state index contributed by atoms with van der Waals surface area (Å²) in [4.78, 5) is 23.3. The summed E-state index contributed by atoms with van der Waals surface area (Å²) in [5, 5.41) is 6.34. The molecule has 2 amide bonds. The molecular weight excluding hydrogens is 297 g/mol. The number of nitrogens with zero attached hydrogens (tertiary/aromatic N) is 1. The van der Waals surface area contributed by atoms with Gasteiger partial charge in [-0.2, -0.15) is 5.10 Å². The lowest BCUT2D eigenvalue weighted by Gasteiger charge is -2.04. The summed E-state index contributed by atoms with van der Waals surface area (Å²) >= 11 is 0. The van der Waals surface area contributed by atoms with E-state index in [-0.39, 0.29) is 12.2 Å². The summed E-state index contributed by atoms with van der Waals surface area (Å²) in [6.45, 7) is 1.94. The average molecular weight is 313 g/mol. The van der Waals surface area contributed by atoms with Crippen molar-refractivity contribution in [3.8, 4) is 0 Å². The summed E-state index contributed by atoms with van der Waals surface area (Å²) in [5.74, 6) is -1.31. The van der Waals surface area contributed by atoms with E-state index in [0.717, 1.165) is 5.56 Å². The van der Waals surface area contributed by atoms with Crippen molar-refractivity contribution in [2.45, 2.75) is 13.3 Å². The maximum Gasteiger partial charge on any atom is 0.249 e. The van der Waals surface area contributed by atoms with E-state index < -0.39 is 11.8 Å². The summed E-state index contributed by atoms with van der Waals surface area (Å²) in [6.07, 6.45) is 1.03. The van der Waals surface area contributed by atoms with E-state index in [1.165, 1.54) is 30.5 Å². The van der Waals surface area contributed by atoms with Crippen LogP contribution in [-0.2, 0) is 9.59 Å². The Bertz CT molecular complexity index is 710. The molecule has 23 heavy (non-hydrogen) atoms. The van der Waals surface area contributed by atoms with Crippen LogP contribution >= 0.6 is 0 Å². The molecule has 0 saturated heterocycles. The number of benzene rings is 2. The number of carbonyl (C=O) groups is 2. The molecule has 0 aliphatic carbocycles. The lowest BCUT2D eigenvalue weighted by molar-refractivity contribution is -0.126. The number of hydrogen-bond acceptors (Lipinski definition) is 3. The van der Waals surface area contributed by atoms with Gasteiger partial charge in [0.25, 0.3) is 0 Å². The van der Waals surface area contributed by atoms with Crippen molar-refractivity contribution in [3.05, 3.63) is 65.5 Å². The summed E-state index contributed by atoms with van der Waals surface area (Å²) in [7, 11) is 0. The van der Waals surface area contributed by atoms with E-state index in [9.17, 15) is 14.0 Å². The van der Waals surface area contributed by atoms with Gasteiger partial charge < -0.3 is 5.32 Å². The summed E-state index contributed by atoms with van der Waals surface area (Å²) in [5.41, 5.74) is 4.59. The number of amides is 2. The third kappa shape index (κ3) is 5.70. The Kier molecular flexibility index (Phi) is 5.57. The number of anilines is 1. The SMILES string of the molecule is Cc1ccc(NC(=O)CC(=O)NN=Cc2ccc(F)cc2)cc1. The molecule has 0 aromatic heterocycles. The third-order valence-electron chi connectivity index (χ3n) is 2.93. The fourth-order valence-electron chi connectivity index (χ4n) is 1.76. The van der Waals surface area contributed by atoms with Crippen LogP contribution in [0.1, 0.15) is 17.5 Å². The van der Waals surface area contributed by atoms with Crippen LogP contribution in [0.5, 0.6) is 0 Å². The van der Waals surface area contributed by atoms with Gasteiger partial charge in [-0.15, -0.1) is 0 Å². The second-order valence-corrected chi connectivity index (χ2v) is 4.94. The molecule has 0 saturated carbocycles. The van der Waals surface area contributed by atoms with Crippen LogP contribution in [-0.4, -0.2) is 18.0 Å². The largest absolute Gasteiger partial charge is 0.326 e. The molecule has 0 spiro atoms. The molecule has 5 nitrogen and oxygen atoms in total. The van der Waals surface area contributed by atoms with Gasteiger partial charge in [0.15, 0.2) is 0 Å². The van der Waals surface area contributed by atoms with E-state index in [0.29, 0.717) is 11.3 Å². The number of hydrogen-bond donors (Lipinski definition) is 2. The fourth-order valence-corrected chi connectivity index (χ4v) is 1.76. The molecule has 0 atom stereocenters. The first-order valence-electron chi connectivity index (χ1n) is 6.97. The smallest absolute Gasteiger partial charge is 0.249 e. The predicted molar refractivity (Wildman–Crippen MR) is 86.6 cm³/mol. The second-order valence-electron chi connectivity index (χ2n) is 4.94. The quantitative estimate of drug-likeness (QED) is 0.506. The minimum atomic E-state index is -0.534. The lowest BCUT2D eigenvalue weighted by atomic mass is 10.2. The molecule has 2 aromatic carbocycles. The minimum Gasteiger partial charge on any atom is -0.326 e.